The molecule has 0 aliphatic carbocycles. The Bertz CT molecular complexity index is 512. The fourth-order valence-corrected chi connectivity index (χ4v) is 2.38. The van der Waals surface area contributed by atoms with Gasteiger partial charge in [0.05, 0.1) is 5.92 Å². The third-order valence-corrected chi connectivity index (χ3v) is 3.48. The van der Waals surface area contributed by atoms with E-state index in [-0.39, 0.29) is 5.92 Å². The Kier molecular flexibility index (Phi) is 5.24. The fraction of sp³-hybridized carbons (Fsp3) is 0.533. The summed E-state index contributed by atoms with van der Waals surface area (Å²) < 4.78 is 5.44. The van der Waals surface area contributed by atoms with Crippen molar-refractivity contribution in [2.24, 2.45) is 0 Å². The zero-order chi connectivity index (χ0) is 14.4. The zero-order valence-corrected chi connectivity index (χ0v) is 12.3. The summed E-state index contributed by atoms with van der Waals surface area (Å²) in [7, 11) is 0. The lowest BCUT2D eigenvalue weighted by Gasteiger charge is -2.19. The average molecular weight is 274 g/mol. The van der Waals surface area contributed by atoms with E-state index in [0.717, 1.165) is 30.2 Å². The van der Waals surface area contributed by atoms with Crippen LogP contribution in [0, 0.1) is 0 Å². The van der Waals surface area contributed by atoms with Crippen LogP contribution in [0.5, 0.6) is 0 Å². The minimum Gasteiger partial charge on any atom is -0.339 e. The van der Waals surface area contributed by atoms with E-state index in [1.165, 1.54) is 0 Å². The summed E-state index contributed by atoms with van der Waals surface area (Å²) in [4.78, 5) is 8.55. The highest BCUT2D eigenvalue weighted by Crippen LogP contribution is 2.22. The van der Waals surface area contributed by atoms with E-state index in [1.807, 2.05) is 12.1 Å². The van der Waals surface area contributed by atoms with Crippen molar-refractivity contribution in [3.8, 4) is 0 Å². The van der Waals surface area contributed by atoms with Crippen LogP contribution in [0.4, 0.5) is 0 Å². The molecule has 108 valence electrons. The van der Waals surface area contributed by atoms with Gasteiger partial charge in [-0.25, -0.2) is 0 Å². The standard InChI is InChI=1S/C15H22N4O/c1-4-13(11(3)17-5-2)15-18-14(19-20-15)10-12-6-8-16-9-7-12/h6-9,11,13,17H,4-5,10H2,1-3H3. The van der Waals surface area contributed by atoms with Gasteiger partial charge < -0.3 is 9.84 Å². The van der Waals surface area contributed by atoms with Crippen molar-refractivity contribution in [1.29, 1.82) is 0 Å². The normalized spacial score (nSPS) is 14.2. The van der Waals surface area contributed by atoms with Gasteiger partial charge in [0.25, 0.3) is 0 Å². The molecule has 2 rings (SSSR count). The Morgan fingerprint density at radius 2 is 2.00 bits per heavy atom. The van der Waals surface area contributed by atoms with Crippen LogP contribution in [0.3, 0.4) is 0 Å². The molecule has 2 unspecified atom stereocenters. The van der Waals surface area contributed by atoms with Crippen LogP contribution in [-0.2, 0) is 6.42 Å². The van der Waals surface area contributed by atoms with Gasteiger partial charge in [0, 0.05) is 24.9 Å². The minimum absolute atomic E-state index is 0.258. The molecule has 0 radical (unpaired) electrons. The first-order valence-electron chi connectivity index (χ1n) is 7.19. The topological polar surface area (TPSA) is 63.8 Å². The molecule has 2 aromatic rings. The smallest absolute Gasteiger partial charge is 0.231 e. The Morgan fingerprint density at radius 3 is 2.65 bits per heavy atom. The van der Waals surface area contributed by atoms with E-state index in [2.05, 4.69) is 41.2 Å². The summed E-state index contributed by atoms with van der Waals surface area (Å²) in [5, 5.41) is 7.51. The molecule has 0 saturated carbocycles. The predicted octanol–water partition coefficient (Wildman–Crippen LogP) is 2.55. The summed E-state index contributed by atoms with van der Waals surface area (Å²) in [6.45, 7) is 7.34. The summed E-state index contributed by atoms with van der Waals surface area (Å²) in [5.74, 6) is 1.71. The van der Waals surface area contributed by atoms with Crippen molar-refractivity contribution in [1.82, 2.24) is 20.4 Å². The zero-order valence-electron chi connectivity index (χ0n) is 12.3. The van der Waals surface area contributed by atoms with Gasteiger partial charge in [0.15, 0.2) is 5.82 Å². The van der Waals surface area contributed by atoms with E-state index < -0.39 is 0 Å². The number of pyridine rings is 1. The van der Waals surface area contributed by atoms with E-state index in [1.54, 1.807) is 12.4 Å². The number of aromatic nitrogens is 3. The molecule has 2 aromatic heterocycles. The van der Waals surface area contributed by atoms with Crippen molar-refractivity contribution in [3.63, 3.8) is 0 Å². The maximum Gasteiger partial charge on any atom is 0.231 e. The molecule has 0 saturated heterocycles. The van der Waals surface area contributed by atoms with Crippen molar-refractivity contribution in [2.45, 2.75) is 45.6 Å². The maximum atomic E-state index is 5.44. The number of likely N-dealkylation sites (N-methyl/N-ethyl adjacent to an activating group) is 1. The lowest BCUT2D eigenvalue weighted by atomic mass is 9.98. The van der Waals surface area contributed by atoms with Crippen molar-refractivity contribution in [2.75, 3.05) is 6.54 Å². The van der Waals surface area contributed by atoms with Crippen LogP contribution in [0.1, 0.15) is 50.4 Å². The second kappa shape index (κ2) is 7.14. The molecule has 5 nitrogen and oxygen atoms in total. The van der Waals surface area contributed by atoms with Crippen LogP contribution in [0.25, 0.3) is 0 Å². The van der Waals surface area contributed by atoms with Crippen LogP contribution in [0.15, 0.2) is 29.0 Å². The summed E-state index contributed by atoms with van der Waals surface area (Å²) in [5.41, 5.74) is 1.14. The van der Waals surface area contributed by atoms with Crippen LogP contribution >= 0.6 is 0 Å². The first kappa shape index (κ1) is 14.7. The first-order valence-corrected chi connectivity index (χ1v) is 7.19. The summed E-state index contributed by atoms with van der Waals surface area (Å²) in [6.07, 6.45) is 5.21. The SMILES string of the molecule is CCNC(C)C(CC)c1nc(Cc2ccncc2)no1. The highest BCUT2D eigenvalue weighted by molar-refractivity contribution is 5.15. The molecule has 0 aliphatic heterocycles. The van der Waals surface area contributed by atoms with Gasteiger partial charge >= 0.3 is 0 Å². The van der Waals surface area contributed by atoms with E-state index in [9.17, 15) is 0 Å². The monoisotopic (exact) mass is 274 g/mol. The summed E-state index contributed by atoms with van der Waals surface area (Å²) in [6, 6.07) is 4.27. The molecule has 0 bridgehead atoms. The maximum absolute atomic E-state index is 5.44. The molecule has 20 heavy (non-hydrogen) atoms. The molecule has 0 fully saturated rings. The van der Waals surface area contributed by atoms with E-state index in [0.29, 0.717) is 12.5 Å². The third kappa shape index (κ3) is 3.63. The van der Waals surface area contributed by atoms with Crippen molar-refractivity contribution < 1.29 is 4.52 Å². The largest absolute Gasteiger partial charge is 0.339 e. The van der Waals surface area contributed by atoms with Crippen molar-refractivity contribution >= 4 is 0 Å². The highest BCUT2D eigenvalue weighted by atomic mass is 16.5. The van der Waals surface area contributed by atoms with E-state index >= 15 is 0 Å². The molecule has 0 spiro atoms. The second-order valence-electron chi connectivity index (χ2n) is 4.94. The molecular formula is C15H22N4O. The number of rotatable bonds is 7. The Morgan fingerprint density at radius 1 is 1.25 bits per heavy atom. The number of nitrogens with zero attached hydrogens (tertiary/aromatic N) is 3. The van der Waals surface area contributed by atoms with E-state index in [4.69, 9.17) is 4.52 Å². The van der Waals surface area contributed by atoms with Gasteiger partial charge in [-0.15, -0.1) is 0 Å². The minimum atomic E-state index is 0.258. The molecule has 2 atom stereocenters. The molecule has 1 N–H and O–H groups in total. The Labute approximate surface area is 119 Å². The number of hydrogen-bond donors (Lipinski definition) is 1. The molecule has 2 heterocycles. The van der Waals surface area contributed by atoms with Gasteiger partial charge in [0.2, 0.25) is 5.89 Å². The van der Waals surface area contributed by atoms with Crippen LogP contribution in [0.2, 0.25) is 0 Å². The average Bonchev–Trinajstić information content (AvgIpc) is 2.89. The highest BCUT2D eigenvalue weighted by Gasteiger charge is 2.23. The first-order chi connectivity index (χ1) is 9.74. The van der Waals surface area contributed by atoms with Gasteiger partial charge in [-0.3, -0.25) is 4.98 Å². The predicted molar refractivity (Wildman–Crippen MR) is 77.5 cm³/mol. The second-order valence-corrected chi connectivity index (χ2v) is 4.94. The van der Waals surface area contributed by atoms with Gasteiger partial charge in [0.1, 0.15) is 0 Å². The van der Waals surface area contributed by atoms with Gasteiger partial charge in [-0.05, 0) is 37.6 Å². The Hall–Kier alpha value is -1.75. The fourth-order valence-electron chi connectivity index (χ4n) is 2.38. The summed E-state index contributed by atoms with van der Waals surface area (Å²) >= 11 is 0. The quantitative estimate of drug-likeness (QED) is 0.840. The van der Waals surface area contributed by atoms with Gasteiger partial charge in [-0.2, -0.15) is 4.98 Å². The lowest BCUT2D eigenvalue weighted by Crippen LogP contribution is -2.31. The Balaban J connectivity index is 2.07. The van der Waals surface area contributed by atoms with Crippen LogP contribution < -0.4 is 5.32 Å². The van der Waals surface area contributed by atoms with Gasteiger partial charge in [-0.1, -0.05) is 19.0 Å². The van der Waals surface area contributed by atoms with Crippen LogP contribution in [-0.4, -0.2) is 27.7 Å². The molecular weight excluding hydrogens is 252 g/mol. The van der Waals surface area contributed by atoms with Crippen molar-refractivity contribution in [3.05, 3.63) is 41.8 Å². The number of hydrogen-bond acceptors (Lipinski definition) is 5. The lowest BCUT2D eigenvalue weighted by molar-refractivity contribution is 0.316. The molecule has 0 aliphatic rings. The molecule has 0 amide bonds. The molecule has 0 aromatic carbocycles. The number of nitrogens with one attached hydrogen (secondary N) is 1. The third-order valence-electron chi connectivity index (χ3n) is 3.48. The molecule has 5 heteroatoms.